The number of nitrogens with one attached hydrogen (secondary N) is 1. The second-order valence-corrected chi connectivity index (χ2v) is 8.91. The topological polar surface area (TPSA) is 125 Å². The molecule has 1 fully saturated rings. The number of amides is 2. The maximum Gasteiger partial charge on any atom is 0.257 e. The summed E-state index contributed by atoms with van der Waals surface area (Å²) in [5.41, 5.74) is 1.53. The molecule has 4 heterocycles. The molecule has 2 amide bonds. The summed E-state index contributed by atoms with van der Waals surface area (Å²) >= 11 is 1.33. The fourth-order valence-corrected chi connectivity index (χ4v) is 4.09. The van der Waals surface area contributed by atoms with Gasteiger partial charge in [-0.25, -0.2) is 9.97 Å². The zero-order valence-corrected chi connectivity index (χ0v) is 21.0. The zero-order valence-electron chi connectivity index (χ0n) is 20.2. The molecule has 3 aromatic heterocycles. The Bertz CT molecular complexity index is 1200. The summed E-state index contributed by atoms with van der Waals surface area (Å²) in [5.74, 6) is 0.00800. The van der Waals surface area contributed by atoms with E-state index in [9.17, 15) is 9.59 Å². The van der Waals surface area contributed by atoms with Crippen molar-refractivity contribution in [3.05, 3.63) is 52.7 Å². The number of pyridine rings is 2. The maximum absolute atomic E-state index is 12.9. The van der Waals surface area contributed by atoms with Crippen molar-refractivity contribution in [2.45, 2.75) is 20.0 Å². The molecule has 0 spiro atoms. The van der Waals surface area contributed by atoms with Gasteiger partial charge in [-0.3, -0.25) is 14.9 Å². The van der Waals surface area contributed by atoms with Gasteiger partial charge in [0.1, 0.15) is 6.10 Å². The first-order valence-electron chi connectivity index (χ1n) is 11.3. The number of aromatic nitrogens is 3. The predicted octanol–water partition coefficient (Wildman–Crippen LogP) is 3.17. The van der Waals surface area contributed by atoms with Crippen LogP contribution >= 0.6 is 11.3 Å². The molecule has 1 saturated heterocycles. The number of ether oxygens (including phenoxy) is 4. The fraction of sp³-hybridized carbons (Fsp3) is 0.375. The molecular weight excluding hydrogens is 486 g/mol. The van der Waals surface area contributed by atoms with Crippen LogP contribution in [0.3, 0.4) is 0 Å². The van der Waals surface area contributed by atoms with E-state index in [1.807, 2.05) is 19.2 Å². The monoisotopic (exact) mass is 513 g/mol. The van der Waals surface area contributed by atoms with E-state index in [0.29, 0.717) is 43.6 Å². The van der Waals surface area contributed by atoms with E-state index in [1.54, 1.807) is 24.1 Å². The summed E-state index contributed by atoms with van der Waals surface area (Å²) in [6.45, 7) is 6.13. The van der Waals surface area contributed by atoms with E-state index in [1.165, 1.54) is 29.7 Å². The Hall–Kier alpha value is -3.61. The summed E-state index contributed by atoms with van der Waals surface area (Å²) in [7, 11) is 1.57. The lowest BCUT2D eigenvalue weighted by Gasteiger charge is -2.26. The molecule has 1 N–H and O–H groups in total. The average molecular weight is 514 g/mol. The van der Waals surface area contributed by atoms with Crippen LogP contribution in [0.1, 0.15) is 33.3 Å². The third-order valence-electron chi connectivity index (χ3n) is 5.09. The van der Waals surface area contributed by atoms with E-state index in [4.69, 9.17) is 18.9 Å². The van der Waals surface area contributed by atoms with Crippen molar-refractivity contribution in [2.75, 3.05) is 45.3 Å². The van der Waals surface area contributed by atoms with Crippen LogP contribution in [0, 0.1) is 6.92 Å². The van der Waals surface area contributed by atoms with E-state index in [2.05, 4.69) is 20.3 Å². The van der Waals surface area contributed by atoms with Gasteiger partial charge in [0.15, 0.2) is 5.13 Å². The van der Waals surface area contributed by atoms with Crippen LogP contribution in [0.2, 0.25) is 0 Å². The minimum atomic E-state index is -0.389. The molecule has 0 bridgehead atoms. The summed E-state index contributed by atoms with van der Waals surface area (Å²) in [6.07, 6.45) is 1.14. The number of carbonyl (C=O) groups is 2. The van der Waals surface area contributed by atoms with Gasteiger partial charge in [-0.15, -0.1) is 11.3 Å². The SMILES string of the molecule is COC[C@@H](C)Oc1cc(C(=O)Nc2nc(C)cs2)cc(Oc2ccc(C(=O)N3CCOCC3)cn2)n1. The Balaban J connectivity index is 1.52. The first kappa shape index (κ1) is 25.5. The van der Waals surface area contributed by atoms with E-state index in [-0.39, 0.29) is 41.1 Å². The molecule has 0 aromatic carbocycles. The maximum atomic E-state index is 12.9. The van der Waals surface area contributed by atoms with Crippen LogP contribution in [-0.4, -0.2) is 77.8 Å². The Morgan fingerprint density at radius 3 is 2.58 bits per heavy atom. The minimum absolute atomic E-state index is 0.109. The number of aryl methyl sites for hydroxylation is 1. The second-order valence-electron chi connectivity index (χ2n) is 8.06. The molecule has 1 atom stereocenters. The van der Waals surface area contributed by atoms with Gasteiger partial charge in [-0.1, -0.05) is 0 Å². The van der Waals surface area contributed by atoms with Crippen LogP contribution in [-0.2, 0) is 9.47 Å². The smallest absolute Gasteiger partial charge is 0.257 e. The van der Waals surface area contributed by atoms with Crippen LogP contribution in [0.5, 0.6) is 17.6 Å². The lowest BCUT2D eigenvalue weighted by atomic mass is 10.2. The van der Waals surface area contributed by atoms with Crippen molar-refractivity contribution >= 4 is 28.3 Å². The van der Waals surface area contributed by atoms with E-state index < -0.39 is 0 Å². The molecule has 0 saturated carbocycles. The highest BCUT2D eigenvalue weighted by molar-refractivity contribution is 7.13. The number of anilines is 1. The van der Waals surface area contributed by atoms with E-state index in [0.717, 1.165) is 5.69 Å². The molecule has 0 unspecified atom stereocenters. The summed E-state index contributed by atoms with van der Waals surface area (Å²) in [6, 6.07) is 6.22. The van der Waals surface area contributed by atoms with Gasteiger partial charge in [-0.05, 0) is 19.9 Å². The molecular formula is C24H27N5O6S. The first-order valence-corrected chi connectivity index (χ1v) is 12.2. The van der Waals surface area contributed by atoms with Gasteiger partial charge in [-0.2, -0.15) is 4.98 Å². The summed E-state index contributed by atoms with van der Waals surface area (Å²) in [5, 5.41) is 5.09. The Labute approximate surface area is 212 Å². The first-order chi connectivity index (χ1) is 17.4. The summed E-state index contributed by atoms with van der Waals surface area (Å²) < 4.78 is 22.0. The predicted molar refractivity (Wildman–Crippen MR) is 132 cm³/mol. The molecule has 11 nitrogen and oxygen atoms in total. The highest BCUT2D eigenvalue weighted by Crippen LogP contribution is 2.25. The number of nitrogens with zero attached hydrogens (tertiary/aromatic N) is 4. The number of rotatable bonds is 9. The Morgan fingerprint density at radius 1 is 1.14 bits per heavy atom. The number of hydrogen-bond acceptors (Lipinski definition) is 10. The molecule has 12 heteroatoms. The number of carbonyl (C=O) groups excluding carboxylic acids is 2. The molecule has 36 heavy (non-hydrogen) atoms. The lowest BCUT2D eigenvalue weighted by Crippen LogP contribution is -2.40. The van der Waals surface area contributed by atoms with Crippen LogP contribution in [0.25, 0.3) is 0 Å². The van der Waals surface area contributed by atoms with Crippen molar-refractivity contribution in [3.63, 3.8) is 0 Å². The average Bonchev–Trinajstić information content (AvgIpc) is 3.29. The van der Waals surface area contributed by atoms with Crippen molar-refractivity contribution in [3.8, 4) is 17.6 Å². The minimum Gasteiger partial charge on any atom is -0.472 e. The van der Waals surface area contributed by atoms with Gasteiger partial charge in [0.2, 0.25) is 17.6 Å². The Kier molecular flexibility index (Phi) is 8.41. The summed E-state index contributed by atoms with van der Waals surface area (Å²) in [4.78, 5) is 40.1. The van der Waals surface area contributed by atoms with Crippen molar-refractivity contribution in [1.82, 2.24) is 19.9 Å². The molecule has 1 aliphatic heterocycles. The molecule has 1 aliphatic rings. The molecule has 190 valence electrons. The van der Waals surface area contributed by atoms with Crippen LogP contribution in [0.15, 0.2) is 35.8 Å². The molecule has 0 radical (unpaired) electrons. The normalized spacial score (nSPS) is 14.2. The van der Waals surface area contributed by atoms with Crippen molar-refractivity contribution in [1.29, 1.82) is 0 Å². The van der Waals surface area contributed by atoms with Crippen molar-refractivity contribution < 1.29 is 28.5 Å². The number of thiazole rings is 1. The third-order valence-corrected chi connectivity index (χ3v) is 5.97. The van der Waals surface area contributed by atoms with E-state index >= 15 is 0 Å². The Morgan fingerprint density at radius 2 is 1.92 bits per heavy atom. The number of methoxy groups -OCH3 is 1. The third kappa shape index (κ3) is 6.74. The van der Waals surface area contributed by atoms with Crippen LogP contribution in [0.4, 0.5) is 5.13 Å². The van der Waals surface area contributed by atoms with Gasteiger partial charge in [0.25, 0.3) is 11.8 Å². The lowest BCUT2D eigenvalue weighted by molar-refractivity contribution is 0.0302. The van der Waals surface area contributed by atoms with Gasteiger partial charge in [0.05, 0.1) is 36.6 Å². The van der Waals surface area contributed by atoms with Crippen molar-refractivity contribution in [2.24, 2.45) is 0 Å². The van der Waals surface area contributed by atoms with Gasteiger partial charge in [0, 0.05) is 50.0 Å². The zero-order chi connectivity index (χ0) is 25.5. The van der Waals surface area contributed by atoms with Gasteiger partial charge < -0.3 is 23.8 Å². The van der Waals surface area contributed by atoms with Gasteiger partial charge >= 0.3 is 0 Å². The number of morpholine rings is 1. The highest BCUT2D eigenvalue weighted by Gasteiger charge is 2.19. The molecule has 4 rings (SSSR count). The quantitative estimate of drug-likeness (QED) is 0.459. The molecule has 3 aromatic rings. The largest absolute Gasteiger partial charge is 0.472 e. The number of hydrogen-bond donors (Lipinski definition) is 1. The van der Waals surface area contributed by atoms with Crippen LogP contribution < -0.4 is 14.8 Å². The standard InChI is InChI=1S/C24H27N5O6S/c1-15-14-36-24(26-15)28-22(30)18-10-20(34-16(2)13-32-3)27-21(11-18)35-19-5-4-17(12-25-19)23(31)29-6-8-33-9-7-29/h4-5,10-12,14,16H,6-9,13H2,1-3H3,(H,26,28,30)/t16-/m1/s1. The fourth-order valence-electron chi connectivity index (χ4n) is 3.40. The highest BCUT2D eigenvalue weighted by atomic mass is 32.1. The second kappa shape index (κ2) is 11.9. The molecule has 0 aliphatic carbocycles.